The first-order valence-electron chi connectivity index (χ1n) is 7.81. The van der Waals surface area contributed by atoms with Crippen molar-refractivity contribution < 1.29 is 14.1 Å². The number of rotatable bonds is 4. The highest BCUT2D eigenvalue weighted by molar-refractivity contribution is 6.56. The van der Waals surface area contributed by atoms with Gasteiger partial charge in [-0.15, -0.1) is 0 Å². The second kappa shape index (κ2) is 6.82. The summed E-state index contributed by atoms with van der Waals surface area (Å²) in [4.78, 5) is 19.5. The summed E-state index contributed by atoms with van der Waals surface area (Å²) < 4.78 is 12.2. The quantitative estimate of drug-likeness (QED) is 0.667. The zero-order valence-electron chi connectivity index (χ0n) is 14.9. The molecule has 6 nitrogen and oxygen atoms in total. The lowest BCUT2D eigenvalue weighted by molar-refractivity contribution is -0.118. The van der Waals surface area contributed by atoms with E-state index in [-0.39, 0.29) is 11.2 Å². The van der Waals surface area contributed by atoms with Crippen LogP contribution in [-0.4, -0.2) is 40.7 Å². The summed E-state index contributed by atoms with van der Waals surface area (Å²) in [7, 11) is -0.558. The standard InChI is InChI=1S/C16H23BClN3O3/c1-10-12(8-20-14(18)21-10)7-13(9-19-11(2)22)17-23-15(3,4)16(5,6)24-17/h7-8H,9H2,1-6H3,(H,19,22). The number of carbonyl (C=O) groups excluding carboxylic acids is 1. The van der Waals surface area contributed by atoms with E-state index in [0.29, 0.717) is 6.54 Å². The number of nitrogens with one attached hydrogen (secondary N) is 1. The van der Waals surface area contributed by atoms with Gasteiger partial charge < -0.3 is 14.6 Å². The molecule has 0 unspecified atom stereocenters. The maximum Gasteiger partial charge on any atom is 0.492 e. The largest absolute Gasteiger partial charge is 0.492 e. The molecule has 0 bridgehead atoms. The molecule has 2 heterocycles. The van der Waals surface area contributed by atoms with E-state index in [1.807, 2.05) is 40.7 Å². The number of hydrogen-bond acceptors (Lipinski definition) is 5. The van der Waals surface area contributed by atoms with Gasteiger partial charge in [0.05, 0.1) is 11.2 Å². The summed E-state index contributed by atoms with van der Waals surface area (Å²) in [5.74, 6) is -0.124. The molecule has 1 aromatic heterocycles. The minimum atomic E-state index is -0.558. The summed E-state index contributed by atoms with van der Waals surface area (Å²) in [6.07, 6.45) is 3.52. The van der Waals surface area contributed by atoms with Crippen LogP contribution in [0.25, 0.3) is 6.08 Å². The molecule has 1 aliphatic heterocycles. The van der Waals surface area contributed by atoms with Gasteiger partial charge in [-0.3, -0.25) is 4.79 Å². The van der Waals surface area contributed by atoms with Crippen molar-refractivity contribution in [2.24, 2.45) is 0 Å². The summed E-state index contributed by atoms with van der Waals surface area (Å²) >= 11 is 5.81. The number of nitrogens with zero attached hydrogens (tertiary/aromatic N) is 2. The third-order valence-electron chi connectivity index (χ3n) is 4.43. The molecule has 1 N–H and O–H groups in total. The van der Waals surface area contributed by atoms with E-state index < -0.39 is 18.3 Å². The number of amides is 1. The lowest BCUT2D eigenvalue weighted by atomic mass is 9.77. The number of aryl methyl sites for hydroxylation is 1. The highest BCUT2D eigenvalue weighted by atomic mass is 35.5. The van der Waals surface area contributed by atoms with Crippen LogP contribution in [0.15, 0.2) is 11.7 Å². The van der Waals surface area contributed by atoms with E-state index >= 15 is 0 Å². The van der Waals surface area contributed by atoms with Crippen molar-refractivity contribution in [3.8, 4) is 0 Å². The lowest BCUT2D eigenvalue weighted by Gasteiger charge is -2.32. The maximum atomic E-state index is 11.3. The Morgan fingerprint density at radius 3 is 2.42 bits per heavy atom. The van der Waals surface area contributed by atoms with Gasteiger partial charge in [-0.2, -0.15) is 0 Å². The van der Waals surface area contributed by atoms with Crippen LogP contribution in [-0.2, 0) is 14.1 Å². The highest BCUT2D eigenvalue weighted by Crippen LogP contribution is 2.38. The molecule has 1 aliphatic rings. The van der Waals surface area contributed by atoms with E-state index in [0.717, 1.165) is 16.7 Å². The Hall–Kier alpha value is -1.44. The lowest BCUT2D eigenvalue weighted by Crippen LogP contribution is -2.41. The van der Waals surface area contributed by atoms with Crippen molar-refractivity contribution in [3.05, 3.63) is 28.2 Å². The molecule has 0 spiro atoms. The minimum absolute atomic E-state index is 0.124. The van der Waals surface area contributed by atoms with Crippen LogP contribution in [0, 0.1) is 6.92 Å². The summed E-state index contributed by atoms with van der Waals surface area (Å²) in [6.45, 7) is 11.6. The topological polar surface area (TPSA) is 73.3 Å². The van der Waals surface area contributed by atoms with Gasteiger partial charge in [0.15, 0.2) is 0 Å². The van der Waals surface area contributed by atoms with Crippen LogP contribution < -0.4 is 5.32 Å². The fourth-order valence-electron chi connectivity index (χ4n) is 2.21. The van der Waals surface area contributed by atoms with Gasteiger partial charge in [-0.05, 0) is 51.7 Å². The fraction of sp³-hybridized carbons (Fsp3) is 0.562. The molecule has 0 radical (unpaired) electrons. The van der Waals surface area contributed by atoms with Gasteiger partial charge >= 0.3 is 7.12 Å². The zero-order valence-corrected chi connectivity index (χ0v) is 15.7. The van der Waals surface area contributed by atoms with E-state index in [1.165, 1.54) is 6.92 Å². The summed E-state index contributed by atoms with van der Waals surface area (Å²) in [5, 5.41) is 2.99. The van der Waals surface area contributed by atoms with Crippen LogP contribution in [0.3, 0.4) is 0 Å². The Balaban J connectivity index is 2.35. The molecule has 0 aromatic carbocycles. The fourth-order valence-corrected chi connectivity index (χ4v) is 2.39. The first kappa shape index (κ1) is 18.9. The Labute approximate surface area is 148 Å². The van der Waals surface area contributed by atoms with Crippen molar-refractivity contribution >= 4 is 30.7 Å². The van der Waals surface area contributed by atoms with E-state index in [4.69, 9.17) is 20.9 Å². The van der Waals surface area contributed by atoms with Gasteiger partial charge in [0, 0.05) is 30.9 Å². The molecular formula is C16H23BClN3O3. The first-order valence-corrected chi connectivity index (χ1v) is 8.19. The SMILES string of the molecule is CC(=O)NCC(=Cc1cnc(Cl)nc1C)B1OC(C)(C)C(C)(C)O1. The molecule has 1 aromatic rings. The normalized spacial score (nSPS) is 19.5. The monoisotopic (exact) mass is 351 g/mol. The van der Waals surface area contributed by atoms with Crippen molar-refractivity contribution in [2.45, 2.75) is 52.7 Å². The van der Waals surface area contributed by atoms with E-state index in [9.17, 15) is 4.79 Å². The maximum absolute atomic E-state index is 11.3. The second-order valence-electron chi connectivity index (χ2n) is 6.90. The van der Waals surface area contributed by atoms with Crippen LogP contribution in [0.2, 0.25) is 5.28 Å². The summed E-state index contributed by atoms with van der Waals surface area (Å²) in [5.41, 5.74) is 1.41. The van der Waals surface area contributed by atoms with Crippen molar-refractivity contribution in [3.63, 3.8) is 0 Å². The number of carbonyl (C=O) groups is 1. The average Bonchev–Trinajstić information content (AvgIpc) is 2.65. The number of hydrogen-bond donors (Lipinski definition) is 1. The van der Waals surface area contributed by atoms with E-state index in [2.05, 4.69) is 15.3 Å². The molecule has 2 rings (SSSR count). The predicted octanol–water partition coefficient (Wildman–Crippen LogP) is 2.59. The number of halogens is 1. The Bertz CT molecular complexity index is 661. The van der Waals surface area contributed by atoms with E-state index in [1.54, 1.807) is 6.20 Å². The second-order valence-corrected chi connectivity index (χ2v) is 7.24. The zero-order chi connectivity index (χ0) is 18.1. The molecule has 24 heavy (non-hydrogen) atoms. The van der Waals surface area contributed by atoms with Gasteiger partial charge in [-0.1, -0.05) is 6.08 Å². The Morgan fingerprint density at radius 1 is 1.33 bits per heavy atom. The molecule has 1 amide bonds. The smallest absolute Gasteiger partial charge is 0.400 e. The van der Waals surface area contributed by atoms with Crippen molar-refractivity contribution in [1.29, 1.82) is 0 Å². The molecular weight excluding hydrogens is 328 g/mol. The van der Waals surface area contributed by atoms with Gasteiger partial charge in [0.25, 0.3) is 0 Å². The van der Waals surface area contributed by atoms with Crippen LogP contribution >= 0.6 is 11.6 Å². The molecule has 0 saturated carbocycles. The highest BCUT2D eigenvalue weighted by Gasteiger charge is 2.52. The van der Waals surface area contributed by atoms with Gasteiger partial charge in [-0.25, -0.2) is 9.97 Å². The van der Waals surface area contributed by atoms with Crippen molar-refractivity contribution in [2.75, 3.05) is 6.54 Å². The predicted molar refractivity (Wildman–Crippen MR) is 94.5 cm³/mol. The molecule has 0 aliphatic carbocycles. The molecule has 0 atom stereocenters. The molecule has 8 heteroatoms. The van der Waals surface area contributed by atoms with Gasteiger partial charge in [0.1, 0.15) is 0 Å². The molecule has 1 saturated heterocycles. The first-order chi connectivity index (χ1) is 11.0. The average molecular weight is 352 g/mol. The van der Waals surface area contributed by atoms with Crippen LogP contribution in [0.1, 0.15) is 45.9 Å². The third-order valence-corrected chi connectivity index (χ3v) is 4.61. The molecule has 130 valence electrons. The number of aromatic nitrogens is 2. The summed E-state index contributed by atoms with van der Waals surface area (Å²) in [6, 6.07) is 0. The van der Waals surface area contributed by atoms with Gasteiger partial charge in [0.2, 0.25) is 11.2 Å². The van der Waals surface area contributed by atoms with Crippen LogP contribution in [0.5, 0.6) is 0 Å². The van der Waals surface area contributed by atoms with Crippen LogP contribution in [0.4, 0.5) is 0 Å². The Morgan fingerprint density at radius 2 is 1.92 bits per heavy atom. The third kappa shape index (κ3) is 4.15. The molecule has 1 fully saturated rings. The Kier molecular flexibility index (Phi) is 5.37. The van der Waals surface area contributed by atoms with Crippen molar-refractivity contribution in [1.82, 2.24) is 15.3 Å². The minimum Gasteiger partial charge on any atom is -0.400 e.